The zero-order chi connectivity index (χ0) is 13.3. The van der Waals surface area contributed by atoms with Crippen molar-refractivity contribution in [1.82, 2.24) is 0 Å². The molecule has 0 fully saturated rings. The standard InChI is InChI=1S/C10H19Si2.C5H5.2ClH.Ti/c1-11(2)9-6-7-10(8-9)12(3,4)5;1-2-4-5-3-1;;;/h6-7,9,11H,1-5H3;1-3H,4H2;2*1H;/q;;;;+2/p-2. The molecule has 0 nitrogen and oxygen atoms in total. The fraction of sp³-hybridized carbons (Fsp3) is 0.467. The summed E-state index contributed by atoms with van der Waals surface area (Å²) >= 11 is -0.0281. The Labute approximate surface area is 148 Å². The second-order valence-electron chi connectivity index (χ2n) is 6.66. The maximum absolute atomic E-state index is 2.55. The molecule has 2 aliphatic carbocycles. The molecule has 0 aliphatic heterocycles. The average molecular weight is 379 g/mol. The van der Waals surface area contributed by atoms with Crippen LogP contribution in [0.3, 0.4) is 0 Å². The molecular formula is C15H24Cl2Si2Ti. The molecule has 0 N–H and O–H groups in total. The monoisotopic (exact) mass is 378 g/mol. The van der Waals surface area contributed by atoms with Gasteiger partial charge in [0.05, 0.1) is 0 Å². The van der Waals surface area contributed by atoms with Crippen molar-refractivity contribution >= 4 is 16.9 Å². The van der Waals surface area contributed by atoms with Crippen LogP contribution in [0.25, 0.3) is 0 Å². The summed E-state index contributed by atoms with van der Waals surface area (Å²) in [7, 11) is -1.74. The number of allylic oxidation sites excluding steroid dienone is 8. The predicted molar refractivity (Wildman–Crippen MR) is 84.0 cm³/mol. The second kappa shape index (κ2) is 8.35. The molecule has 1 atom stereocenters. The molecular weight excluding hydrogens is 355 g/mol. The molecule has 20 heavy (non-hydrogen) atoms. The van der Waals surface area contributed by atoms with E-state index in [0.717, 1.165) is 5.54 Å². The van der Waals surface area contributed by atoms with E-state index in [0.29, 0.717) is 0 Å². The van der Waals surface area contributed by atoms with E-state index in [9.17, 15) is 0 Å². The average Bonchev–Trinajstić information content (AvgIpc) is 2.85. The van der Waals surface area contributed by atoms with Crippen molar-refractivity contribution in [2.24, 2.45) is 0 Å². The first-order valence-corrected chi connectivity index (χ1v) is 15.0. The molecule has 0 aromatic heterocycles. The summed E-state index contributed by atoms with van der Waals surface area (Å²) < 4.78 is 3.65. The van der Waals surface area contributed by atoms with Crippen molar-refractivity contribution in [1.29, 1.82) is 0 Å². The molecule has 0 radical (unpaired) electrons. The zero-order valence-electron chi connectivity index (χ0n) is 13.0. The Kier molecular flexibility index (Phi) is 8.64. The number of hydrogen-bond acceptors (Lipinski definition) is 0. The Morgan fingerprint density at radius 3 is 2.30 bits per heavy atom. The molecule has 0 saturated carbocycles. The van der Waals surface area contributed by atoms with Crippen LogP contribution >= 0.6 is 0 Å². The van der Waals surface area contributed by atoms with Crippen molar-refractivity contribution in [3.8, 4) is 0 Å². The molecule has 0 heterocycles. The largest absolute Gasteiger partial charge is 1.00 e. The molecule has 5 heteroatoms. The van der Waals surface area contributed by atoms with E-state index in [-0.39, 0.29) is 44.0 Å². The molecule has 0 saturated heterocycles. The van der Waals surface area contributed by atoms with Gasteiger partial charge in [-0.05, 0) is 0 Å². The van der Waals surface area contributed by atoms with Crippen molar-refractivity contribution < 1.29 is 44.0 Å². The molecule has 0 bridgehead atoms. The molecule has 2 rings (SSSR count). The van der Waals surface area contributed by atoms with Crippen LogP contribution in [0, 0.1) is 0 Å². The maximum atomic E-state index is 2.55. The Hall–Kier alpha value is 0.688. The fourth-order valence-corrected chi connectivity index (χ4v) is 11.6. The minimum Gasteiger partial charge on any atom is -1.00 e. The van der Waals surface area contributed by atoms with Crippen LogP contribution in [0.1, 0.15) is 6.42 Å². The minimum atomic E-state index is -1.15. The van der Waals surface area contributed by atoms with E-state index >= 15 is 0 Å². The van der Waals surface area contributed by atoms with Crippen LogP contribution in [0.4, 0.5) is 0 Å². The second-order valence-corrected chi connectivity index (χ2v) is 17.1. The fourth-order valence-electron chi connectivity index (χ4n) is 2.64. The number of hydrogen-bond donors (Lipinski definition) is 0. The minimum absolute atomic E-state index is 0. The Balaban J connectivity index is 0.00000180. The summed E-state index contributed by atoms with van der Waals surface area (Å²) in [5.41, 5.74) is 0.869. The van der Waals surface area contributed by atoms with Gasteiger partial charge >= 0.3 is 124 Å². The smallest absolute Gasteiger partial charge is 1.00 e. The van der Waals surface area contributed by atoms with Gasteiger partial charge in [0, 0.05) is 0 Å². The van der Waals surface area contributed by atoms with Crippen molar-refractivity contribution in [3.05, 3.63) is 43.3 Å². The van der Waals surface area contributed by atoms with E-state index in [1.165, 1.54) is 6.42 Å². The summed E-state index contributed by atoms with van der Waals surface area (Å²) in [4.78, 5) is 0. The van der Waals surface area contributed by atoms with Gasteiger partial charge in [0.15, 0.2) is 0 Å². The quantitative estimate of drug-likeness (QED) is 0.521. The van der Waals surface area contributed by atoms with Gasteiger partial charge in [-0.1, -0.05) is 0 Å². The van der Waals surface area contributed by atoms with Gasteiger partial charge in [0.25, 0.3) is 0 Å². The molecule has 0 amide bonds. The third kappa shape index (κ3) is 4.86. The Bertz CT molecular complexity index is 457. The van der Waals surface area contributed by atoms with E-state index in [2.05, 4.69) is 63.1 Å². The van der Waals surface area contributed by atoms with Gasteiger partial charge in [-0.15, -0.1) is 0 Å². The van der Waals surface area contributed by atoms with E-state index in [4.69, 9.17) is 0 Å². The van der Waals surface area contributed by atoms with Gasteiger partial charge in [-0.3, -0.25) is 0 Å². The SMILES string of the molecule is C[SiH](C)C1C=CC([Si](C)(C)C)=[C]1[Ti+2][C]1=CC=CC1.[Cl-].[Cl-]. The normalized spacial score (nSPS) is 20.7. The first-order valence-electron chi connectivity index (χ1n) is 6.95. The summed E-state index contributed by atoms with van der Waals surface area (Å²) in [5, 5.41) is 1.79. The van der Waals surface area contributed by atoms with Crippen LogP contribution in [0.15, 0.2) is 43.3 Å². The maximum Gasteiger partial charge on any atom is -1.00 e. The molecule has 0 aromatic rings. The van der Waals surface area contributed by atoms with Crippen LogP contribution < -0.4 is 24.8 Å². The molecule has 0 aromatic carbocycles. The summed E-state index contributed by atoms with van der Waals surface area (Å²) in [5.74, 6) is 0. The molecule has 0 spiro atoms. The molecule has 1 unspecified atom stereocenters. The Morgan fingerprint density at radius 2 is 1.85 bits per heavy atom. The topological polar surface area (TPSA) is 0 Å². The van der Waals surface area contributed by atoms with Crippen LogP contribution in [-0.4, -0.2) is 16.9 Å². The Morgan fingerprint density at radius 1 is 1.20 bits per heavy atom. The number of rotatable bonds is 4. The summed E-state index contributed by atoms with van der Waals surface area (Å²) in [6, 6.07) is 0. The van der Waals surface area contributed by atoms with Gasteiger partial charge in [-0.25, -0.2) is 0 Å². The van der Waals surface area contributed by atoms with Gasteiger partial charge in [0.2, 0.25) is 0 Å². The van der Waals surface area contributed by atoms with E-state index in [1.54, 1.807) is 9.07 Å². The first-order chi connectivity index (χ1) is 8.39. The number of halogens is 2. The van der Waals surface area contributed by atoms with Gasteiger partial charge in [0.1, 0.15) is 0 Å². The zero-order valence-corrected chi connectivity index (χ0v) is 18.2. The summed E-state index contributed by atoms with van der Waals surface area (Å²) in [6.07, 6.45) is 13.2. The molecule has 110 valence electrons. The van der Waals surface area contributed by atoms with Crippen molar-refractivity contribution in [2.75, 3.05) is 0 Å². The van der Waals surface area contributed by atoms with Crippen LogP contribution in [0.5, 0.6) is 0 Å². The predicted octanol–water partition coefficient (Wildman–Crippen LogP) is -1.52. The van der Waals surface area contributed by atoms with Crippen LogP contribution in [-0.2, 0) is 19.2 Å². The van der Waals surface area contributed by atoms with Crippen LogP contribution in [0.2, 0.25) is 38.3 Å². The van der Waals surface area contributed by atoms with Crippen molar-refractivity contribution in [2.45, 2.75) is 44.7 Å². The first kappa shape index (κ1) is 20.7. The third-order valence-corrected chi connectivity index (χ3v) is 11.1. The molecule has 2 aliphatic rings. The van der Waals surface area contributed by atoms with Gasteiger partial charge < -0.3 is 24.8 Å². The third-order valence-electron chi connectivity index (χ3n) is 3.69. The summed E-state index contributed by atoms with van der Waals surface area (Å²) in [6.45, 7) is 12.5. The van der Waals surface area contributed by atoms with E-state index < -0.39 is 16.9 Å². The van der Waals surface area contributed by atoms with Gasteiger partial charge in [-0.2, -0.15) is 0 Å². The van der Waals surface area contributed by atoms with Crippen molar-refractivity contribution in [3.63, 3.8) is 0 Å². The van der Waals surface area contributed by atoms with E-state index in [1.807, 2.05) is 3.88 Å².